The van der Waals surface area contributed by atoms with E-state index < -0.39 is 0 Å². The van der Waals surface area contributed by atoms with E-state index in [0.29, 0.717) is 23.4 Å². The van der Waals surface area contributed by atoms with Gasteiger partial charge in [0, 0.05) is 45.0 Å². The molecule has 0 unspecified atom stereocenters. The van der Waals surface area contributed by atoms with E-state index in [0.717, 1.165) is 56.6 Å². The van der Waals surface area contributed by atoms with Crippen LogP contribution in [0, 0.1) is 22.7 Å². The van der Waals surface area contributed by atoms with E-state index in [1.807, 2.05) is 24.1 Å². The highest BCUT2D eigenvalue weighted by Crippen LogP contribution is 2.36. The van der Waals surface area contributed by atoms with Gasteiger partial charge in [0.1, 0.15) is 17.1 Å². The van der Waals surface area contributed by atoms with Gasteiger partial charge in [-0.1, -0.05) is 13.8 Å². The third-order valence-corrected chi connectivity index (χ3v) is 7.42. The predicted molar refractivity (Wildman–Crippen MR) is 126 cm³/mol. The van der Waals surface area contributed by atoms with Gasteiger partial charge in [-0.2, -0.15) is 5.26 Å². The van der Waals surface area contributed by atoms with Crippen molar-refractivity contribution in [3.63, 3.8) is 0 Å². The fourth-order valence-electron chi connectivity index (χ4n) is 5.21. The number of hydrogen-bond acceptors (Lipinski definition) is 6. The Morgan fingerprint density at radius 3 is 2.59 bits per heavy atom. The second-order valence-electron chi connectivity index (χ2n) is 10.2. The molecule has 2 aromatic rings. The molecule has 4 rings (SSSR count). The predicted octanol–water partition coefficient (Wildman–Crippen LogP) is 3.30. The zero-order valence-corrected chi connectivity index (χ0v) is 19.7. The van der Waals surface area contributed by atoms with Crippen LogP contribution >= 0.6 is 0 Å². The van der Waals surface area contributed by atoms with Crippen molar-refractivity contribution in [2.24, 2.45) is 11.3 Å². The van der Waals surface area contributed by atoms with Crippen LogP contribution in [0.5, 0.6) is 0 Å². The summed E-state index contributed by atoms with van der Waals surface area (Å²) in [4.78, 5) is 28.9. The van der Waals surface area contributed by atoms with Crippen molar-refractivity contribution in [3.05, 3.63) is 30.1 Å². The zero-order chi connectivity index (χ0) is 22.9. The molecule has 1 aromatic heterocycles. The number of amides is 1. The largest absolute Gasteiger partial charge is 0.367 e. The summed E-state index contributed by atoms with van der Waals surface area (Å²) in [5.74, 6) is 0.700. The topological polar surface area (TPSA) is 76.4 Å². The molecule has 0 bridgehead atoms. The monoisotopic (exact) mass is 434 g/mol. The number of hydrogen-bond donors (Lipinski definition) is 0. The van der Waals surface area contributed by atoms with Gasteiger partial charge in [0.25, 0.3) is 0 Å². The highest BCUT2D eigenvalue weighted by molar-refractivity contribution is 5.92. The Morgan fingerprint density at radius 1 is 1.22 bits per heavy atom. The molecular formula is C25H34N6O. The lowest BCUT2D eigenvalue weighted by molar-refractivity contribution is -0.135. The van der Waals surface area contributed by atoms with Crippen LogP contribution in [-0.2, 0) is 4.79 Å². The molecule has 3 heterocycles. The molecule has 0 radical (unpaired) electrons. The molecule has 0 N–H and O–H groups in total. The Bertz CT molecular complexity index is 1020. The van der Waals surface area contributed by atoms with E-state index in [1.54, 1.807) is 12.4 Å². The summed E-state index contributed by atoms with van der Waals surface area (Å²) in [6.07, 6.45) is 7.07. The van der Waals surface area contributed by atoms with E-state index >= 15 is 0 Å². The van der Waals surface area contributed by atoms with Crippen LogP contribution in [-0.4, -0.2) is 72.0 Å². The molecular weight excluding hydrogens is 400 g/mol. The number of aromatic nitrogens is 2. The van der Waals surface area contributed by atoms with Crippen LogP contribution in [0.3, 0.4) is 0 Å². The first-order valence-electron chi connectivity index (χ1n) is 11.6. The minimum absolute atomic E-state index is 0.0940. The summed E-state index contributed by atoms with van der Waals surface area (Å²) in [7, 11) is 4.13. The molecule has 0 spiro atoms. The van der Waals surface area contributed by atoms with E-state index in [4.69, 9.17) is 0 Å². The lowest BCUT2D eigenvalue weighted by Gasteiger charge is -2.43. The molecule has 7 heteroatoms. The number of fused-ring (bicyclic) bond motifs is 1. The van der Waals surface area contributed by atoms with Crippen molar-refractivity contribution in [1.29, 1.82) is 5.26 Å². The number of likely N-dealkylation sites (tertiary alicyclic amines) is 1. The van der Waals surface area contributed by atoms with Crippen LogP contribution in [0.25, 0.3) is 11.0 Å². The summed E-state index contributed by atoms with van der Waals surface area (Å²) in [6, 6.07) is 6.18. The SMILES string of the molecule is C[C@H]1C[C@@H](N(C)C(=O)CC2(C)CCN(C)CC2)CN(c2ccc(C#N)c3nccnc23)C1. The summed E-state index contributed by atoms with van der Waals surface area (Å²) in [5.41, 5.74) is 3.02. The minimum atomic E-state index is 0.0940. The van der Waals surface area contributed by atoms with Crippen molar-refractivity contribution in [2.45, 2.75) is 45.6 Å². The molecule has 0 saturated carbocycles. The number of carbonyl (C=O) groups excluding carboxylic acids is 1. The maximum atomic E-state index is 13.3. The average molecular weight is 435 g/mol. The molecule has 2 fully saturated rings. The molecule has 2 atom stereocenters. The highest BCUT2D eigenvalue weighted by Gasteiger charge is 2.35. The van der Waals surface area contributed by atoms with E-state index in [-0.39, 0.29) is 17.4 Å². The third kappa shape index (κ3) is 4.56. The van der Waals surface area contributed by atoms with E-state index in [1.165, 1.54) is 0 Å². The standard InChI is InChI=1S/C25H34N6O/c1-18-13-20(30(4)22(32)14-25(2)7-11-29(3)12-8-25)17-31(16-18)21-6-5-19(15-26)23-24(21)28-10-9-27-23/h5-6,9-10,18,20H,7-8,11-14,16-17H2,1-4H3/t18-,20+/m0/s1. The van der Waals surface area contributed by atoms with Gasteiger partial charge >= 0.3 is 0 Å². The van der Waals surface area contributed by atoms with Crippen LogP contribution < -0.4 is 4.90 Å². The molecule has 32 heavy (non-hydrogen) atoms. The number of nitrogens with zero attached hydrogens (tertiary/aromatic N) is 6. The number of benzene rings is 1. The molecule has 0 aliphatic carbocycles. The maximum absolute atomic E-state index is 13.3. The van der Waals surface area contributed by atoms with Gasteiger partial charge in [0.15, 0.2) is 0 Å². The lowest BCUT2D eigenvalue weighted by Crippen LogP contribution is -2.52. The van der Waals surface area contributed by atoms with Crippen molar-refractivity contribution < 1.29 is 4.79 Å². The summed E-state index contributed by atoms with van der Waals surface area (Å²) in [6.45, 7) is 8.31. The van der Waals surface area contributed by atoms with Crippen molar-refractivity contribution in [3.8, 4) is 6.07 Å². The van der Waals surface area contributed by atoms with Gasteiger partial charge in [-0.05, 0) is 62.9 Å². The molecule has 2 aliphatic heterocycles. The first-order valence-corrected chi connectivity index (χ1v) is 11.6. The fraction of sp³-hybridized carbons (Fsp3) is 0.600. The number of likely N-dealkylation sites (N-methyl/N-ethyl adjacent to an activating group) is 1. The number of piperidine rings is 2. The Morgan fingerprint density at radius 2 is 1.91 bits per heavy atom. The number of anilines is 1. The van der Waals surface area contributed by atoms with Crippen molar-refractivity contribution >= 4 is 22.6 Å². The van der Waals surface area contributed by atoms with Crippen molar-refractivity contribution in [1.82, 2.24) is 19.8 Å². The Hall–Kier alpha value is -2.72. The van der Waals surface area contributed by atoms with Crippen LogP contribution in [0.2, 0.25) is 0 Å². The molecule has 1 aromatic carbocycles. The highest BCUT2D eigenvalue weighted by atomic mass is 16.2. The molecule has 1 amide bonds. The number of nitriles is 1. The molecule has 7 nitrogen and oxygen atoms in total. The van der Waals surface area contributed by atoms with Crippen LogP contribution in [0.1, 0.15) is 45.1 Å². The quantitative estimate of drug-likeness (QED) is 0.735. The maximum Gasteiger partial charge on any atom is 0.223 e. The van der Waals surface area contributed by atoms with Crippen molar-refractivity contribution in [2.75, 3.05) is 45.2 Å². The molecule has 2 saturated heterocycles. The van der Waals surface area contributed by atoms with E-state index in [2.05, 4.69) is 46.7 Å². The molecule has 170 valence electrons. The minimum Gasteiger partial charge on any atom is -0.367 e. The lowest BCUT2D eigenvalue weighted by atomic mass is 9.77. The fourth-order valence-corrected chi connectivity index (χ4v) is 5.21. The van der Waals surface area contributed by atoms with Gasteiger partial charge < -0.3 is 14.7 Å². The first kappa shape index (κ1) is 22.5. The zero-order valence-electron chi connectivity index (χ0n) is 19.7. The van der Waals surface area contributed by atoms with Crippen LogP contribution in [0.15, 0.2) is 24.5 Å². The molecule has 2 aliphatic rings. The van der Waals surface area contributed by atoms with Gasteiger partial charge in [0.05, 0.1) is 11.3 Å². The summed E-state index contributed by atoms with van der Waals surface area (Å²) >= 11 is 0. The number of carbonyl (C=O) groups is 1. The van der Waals surface area contributed by atoms with Gasteiger partial charge in [-0.15, -0.1) is 0 Å². The second kappa shape index (κ2) is 9.03. The summed E-state index contributed by atoms with van der Waals surface area (Å²) in [5, 5.41) is 9.45. The Kier molecular flexibility index (Phi) is 6.34. The van der Waals surface area contributed by atoms with Gasteiger partial charge in [0.2, 0.25) is 5.91 Å². The van der Waals surface area contributed by atoms with Crippen LogP contribution in [0.4, 0.5) is 5.69 Å². The average Bonchev–Trinajstić information content (AvgIpc) is 2.79. The normalized spacial score (nSPS) is 23.7. The smallest absolute Gasteiger partial charge is 0.223 e. The van der Waals surface area contributed by atoms with E-state index in [9.17, 15) is 10.1 Å². The van der Waals surface area contributed by atoms with Gasteiger partial charge in [-0.3, -0.25) is 14.8 Å². The Balaban J connectivity index is 1.52. The third-order valence-electron chi connectivity index (χ3n) is 7.42. The Labute approximate surface area is 191 Å². The number of rotatable bonds is 4. The van der Waals surface area contributed by atoms with Gasteiger partial charge in [-0.25, -0.2) is 0 Å². The first-order chi connectivity index (χ1) is 15.3. The summed E-state index contributed by atoms with van der Waals surface area (Å²) < 4.78 is 0. The second-order valence-corrected chi connectivity index (χ2v) is 10.2.